The number of nitrogens with one attached hydrogen (secondary N) is 1. The molecule has 1 N–H and O–H groups in total. The van der Waals surface area contributed by atoms with Crippen LogP contribution in [0.3, 0.4) is 0 Å². The lowest BCUT2D eigenvalue weighted by Crippen LogP contribution is -2.48. The summed E-state index contributed by atoms with van der Waals surface area (Å²) in [5, 5.41) is 2.86. The van der Waals surface area contributed by atoms with Crippen LogP contribution in [0.15, 0.2) is 36.4 Å². The number of methoxy groups -OCH3 is 1. The molecule has 3 unspecified atom stereocenters. The second-order valence-electron chi connectivity index (χ2n) is 8.20. The molecule has 30 heavy (non-hydrogen) atoms. The number of likely N-dealkylation sites (tertiary alicyclic amines) is 1. The van der Waals surface area contributed by atoms with E-state index in [4.69, 9.17) is 9.47 Å². The van der Waals surface area contributed by atoms with Crippen molar-refractivity contribution in [1.29, 1.82) is 0 Å². The van der Waals surface area contributed by atoms with Crippen LogP contribution in [0.5, 0.6) is 5.75 Å². The van der Waals surface area contributed by atoms with Crippen molar-refractivity contribution >= 4 is 23.4 Å². The van der Waals surface area contributed by atoms with Crippen molar-refractivity contribution in [2.75, 3.05) is 25.6 Å². The minimum absolute atomic E-state index is 0.152. The minimum atomic E-state index is -0.812. The molecule has 0 aromatic heterocycles. The second-order valence-corrected chi connectivity index (χ2v) is 8.20. The SMILES string of the molecule is COCCOc1ccc(NC(=O)C(CC(C)C)N2C(=O)C3CC=CCC3C2=O)cc1. The number of hydrogen-bond donors (Lipinski definition) is 1. The standard InChI is InChI=1S/C23H30N2O5/c1-15(2)14-20(25-22(27)18-6-4-5-7-19(18)23(25)28)21(26)24-16-8-10-17(11-9-16)30-13-12-29-3/h4-5,8-11,15,18-20H,6-7,12-14H2,1-3H3,(H,24,26). The zero-order chi connectivity index (χ0) is 21.7. The van der Waals surface area contributed by atoms with Gasteiger partial charge in [0.2, 0.25) is 17.7 Å². The third-order valence-electron chi connectivity index (χ3n) is 5.53. The van der Waals surface area contributed by atoms with Gasteiger partial charge in [-0.15, -0.1) is 0 Å². The molecule has 162 valence electrons. The smallest absolute Gasteiger partial charge is 0.247 e. The van der Waals surface area contributed by atoms with E-state index in [0.29, 0.717) is 43.9 Å². The van der Waals surface area contributed by atoms with Gasteiger partial charge in [-0.25, -0.2) is 0 Å². The van der Waals surface area contributed by atoms with Crippen LogP contribution in [-0.4, -0.2) is 49.0 Å². The maximum Gasteiger partial charge on any atom is 0.247 e. The van der Waals surface area contributed by atoms with E-state index in [2.05, 4.69) is 5.32 Å². The molecule has 0 saturated carbocycles. The van der Waals surface area contributed by atoms with E-state index in [9.17, 15) is 14.4 Å². The minimum Gasteiger partial charge on any atom is -0.491 e. The van der Waals surface area contributed by atoms with Gasteiger partial charge in [0.05, 0.1) is 18.4 Å². The van der Waals surface area contributed by atoms with Crippen LogP contribution in [0, 0.1) is 17.8 Å². The monoisotopic (exact) mass is 414 g/mol. The summed E-state index contributed by atoms with van der Waals surface area (Å²) in [4.78, 5) is 40.3. The van der Waals surface area contributed by atoms with Gasteiger partial charge < -0.3 is 14.8 Å². The molecule has 0 radical (unpaired) electrons. The van der Waals surface area contributed by atoms with E-state index in [1.54, 1.807) is 31.4 Å². The van der Waals surface area contributed by atoms with Gasteiger partial charge in [-0.1, -0.05) is 26.0 Å². The summed E-state index contributed by atoms with van der Waals surface area (Å²) in [6, 6.07) is 6.19. The van der Waals surface area contributed by atoms with E-state index in [-0.39, 0.29) is 35.5 Å². The number of anilines is 1. The van der Waals surface area contributed by atoms with Gasteiger partial charge in [0.15, 0.2) is 0 Å². The molecule has 3 rings (SSSR count). The van der Waals surface area contributed by atoms with Crippen molar-refractivity contribution in [1.82, 2.24) is 4.90 Å². The molecular weight excluding hydrogens is 384 g/mol. The highest BCUT2D eigenvalue weighted by Gasteiger charge is 2.51. The van der Waals surface area contributed by atoms with Gasteiger partial charge >= 0.3 is 0 Å². The summed E-state index contributed by atoms with van der Waals surface area (Å²) in [6.45, 7) is 4.89. The summed E-state index contributed by atoms with van der Waals surface area (Å²) in [5.74, 6) is -0.648. The predicted molar refractivity (Wildman–Crippen MR) is 113 cm³/mol. The lowest BCUT2D eigenvalue weighted by molar-refractivity contribution is -0.147. The number of carbonyl (C=O) groups is 3. The number of allylic oxidation sites excluding steroid dienone is 2. The van der Waals surface area contributed by atoms with Crippen molar-refractivity contribution in [3.8, 4) is 5.75 Å². The van der Waals surface area contributed by atoms with Crippen LogP contribution < -0.4 is 10.1 Å². The van der Waals surface area contributed by atoms with Crippen molar-refractivity contribution in [3.63, 3.8) is 0 Å². The number of hydrogen-bond acceptors (Lipinski definition) is 5. The molecular formula is C23H30N2O5. The first-order valence-corrected chi connectivity index (χ1v) is 10.5. The van der Waals surface area contributed by atoms with E-state index in [1.807, 2.05) is 26.0 Å². The van der Waals surface area contributed by atoms with Gasteiger partial charge in [0, 0.05) is 12.8 Å². The molecule has 1 saturated heterocycles. The van der Waals surface area contributed by atoms with E-state index >= 15 is 0 Å². The number of carbonyl (C=O) groups excluding carboxylic acids is 3. The zero-order valence-electron chi connectivity index (χ0n) is 17.8. The molecule has 1 aromatic rings. The third kappa shape index (κ3) is 4.90. The first-order valence-electron chi connectivity index (χ1n) is 10.5. The maximum atomic E-state index is 13.1. The molecule has 1 fully saturated rings. The Morgan fingerprint density at radius 2 is 1.67 bits per heavy atom. The molecule has 3 amide bonds. The first kappa shape index (κ1) is 22.0. The fourth-order valence-corrected chi connectivity index (χ4v) is 4.01. The Kier molecular flexibility index (Phi) is 7.26. The number of rotatable bonds is 9. The van der Waals surface area contributed by atoms with Crippen molar-refractivity contribution < 1.29 is 23.9 Å². The Morgan fingerprint density at radius 3 is 2.20 bits per heavy atom. The highest BCUT2D eigenvalue weighted by molar-refractivity contribution is 6.10. The molecule has 3 atom stereocenters. The Morgan fingerprint density at radius 1 is 1.07 bits per heavy atom. The second kappa shape index (κ2) is 9.89. The molecule has 7 heteroatoms. The van der Waals surface area contributed by atoms with Crippen LogP contribution in [0.25, 0.3) is 0 Å². The van der Waals surface area contributed by atoms with Crippen LogP contribution in [-0.2, 0) is 19.1 Å². The van der Waals surface area contributed by atoms with Crippen molar-refractivity contribution in [2.45, 2.75) is 39.2 Å². The molecule has 1 heterocycles. The Hall–Kier alpha value is -2.67. The predicted octanol–water partition coefficient (Wildman–Crippen LogP) is 3.02. The average Bonchev–Trinajstić information content (AvgIpc) is 2.98. The highest BCUT2D eigenvalue weighted by atomic mass is 16.5. The molecule has 2 aliphatic rings. The molecule has 1 aliphatic carbocycles. The Bertz CT molecular complexity index is 776. The fraction of sp³-hybridized carbons (Fsp3) is 0.522. The number of ether oxygens (including phenoxy) is 2. The molecule has 1 aliphatic heterocycles. The lowest BCUT2D eigenvalue weighted by Gasteiger charge is -2.27. The average molecular weight is 415 g/mol. The Balaban J connectivity index is 1.72. The van der Waals surface area contributed by atoms with Crippen LogP contribution >= 0.6 is 0 Å². The number of amides is 3. The maximum absolute atomic E-state index is 13.1. The van der Waals surface area contributed by atoms with Gasteiger partial charge in [-0.05, 0) is 49.4 Å². The normalized spacial score (nSPS) is 21.7. The molecule has 0 spiro atoms. The van der Waals surface area contributed by atoms with Crippen LogP contribution in [0.4, 0.5) is 5.69 Å². The molecule has 1 aromatic carbocycles. The van der Waals surface area contributed by atoms with Gasteiger partial charge in [0.25, 0.3) is 0 Å². The summed E-state index contributed by atoms with van der Waals surface area (Å²) in [6.07, 6.45) is 5.44. The third-order valence-corrected chi connectivity index (χ3v) is 5.53. The topological polar surface area (TPSA) is 84.9 Å². The summed E-state index contributed by atoms with van der Waals surface area (Å²) >= 11 is 0. The highest BCUT2D eigenvalue weighted by Crippen LogP contribution is 2.37. The van der Waals surface area contributed by atoms with Crippen LogP contribution in [0.1, 0.15) is 33.1 Å². The lowest BCUT2D eigenvalue weighted by atomic mass is 9.85. The number of imide groups is 1. The first-order chi connectivity index (χ1) is 14.4. The summed E-state index contributed by atoms with van der Waals surface area (Å²) in [5.41, 5.74) is 0.589. The van der Waals surface area contributed by atoms with Gasteiger partial charge in [-0.2, -0.15) is 0 Å². The quantitative estimate of drug-likeness (QED) is 0.381. The molecule has 7 nitrogen and oxygen atoms in total. The fourth-order valence-electron chi connectivity index (χ4n) is 4.01. The van der Waals surface area contributed by atoms with Crippen LogP contribution in [0.2, 0.25) is 0 Å². The van der Waals surface area contributed by atoms with Crippen molar-refractivity contribution in [2.24, 2.45) is 17.8 Å². The van der Waals surface area contributed by atoms with Gasteiger partial charge in [0.1, 0.15) is 18.4 Å². The van der Waals surface area contributed by atoms with Crippen molar-refractivity contribution in [3.05, 3.63) is 36.4 Å². The Labute approximate surface area is 177 Å². The largest absolute Gasteiger partial charge is 0.491 e. The van der Waals surface area contributed by atoms with E-state index in [1.165, 1.54) is 4.90 Å². The van der Waals surface area contributed by atoms with E-state index in [0.717, 1.165) is 0 Å². The zero-order valence-corrected chi connectivity index (χ0v) is 17.8. The van der Waals surface area contributed by atoms with E-state index < -0.39 is 6.04 Å². The summed E-state index contributed by atoms with van der Waals surface area (Å²) in [7, 11) is 1.61. The number of benzene rings is 1. The molecule has 0 bridgehead atoms. The summed E-state index contributed by atoms with van der Waals surface area (Å²) < 4.78 is 10.5. The van der Waals surface area contributed by atoms with Gasteiger partial charge in [-0.3, -0.25) is 19.3 Å². The number of fused-ring (bicyclic) bond motifs is 1. The number of nitrogens with zero attached hydrogens (tertiary/aromatic N) is 1.